The number of rotatable bonds is 5. The highest BCUT2D eigenvalue weighted by Gasteiger charge is 2.12. The van der Waals surface area contributed by atoms with E-state index in [1.165, 1.54) is 12.1 Å². The molecule has 0 atom stereocenters. The van der Waals surface area contributed by atoms with Crippen molar-refractivity contribution in [2.45, 2.75) is 18.2 Å². The van der Waals surface area contributed by atoms with Gasteiger partial charge >= 0.3 is 0 Å². The van der Waals surface area contributed by atoms with Crippen LogP contribution in [0.15, 0.2) is 29.2 Å². The molecule has 4 nitrogen and oxygen atoms in total. The second-order valence-electron chi connectivity index (χ2n) is 3.29. The Morgan fingerprint density at radius 2 is 1.94 bits per heavy atom. The first-order valence-corrected chi connectivity index (χ1v) is 6.76. The third-order valence-electron chi connectivity index (χ3n) is 1.99. The normalized spacial score (nSPS) is 11.3. The fourth-order valence-corrected chi connectivity index (χ4v) is 2.39. The van der Waals surface area contributed by atoms with Gasteiger partial charge < -0.3 is 5.73 Å². The summed E-state index contributed by atoms with van der Waals surface area (Å²) in [5, 5.41) is 0. The lowest BCUT2D eigenvalue weighted by Gasteiger charge is -2.06. The summed E-state index contributed by atoms with van der Waals surface area (Å²) in [7, 11) is -3.40. The molecule has 0 radical (unpaired) electrons. The van der Waals surface area contributed by atoms with Crippen LogP contribution in [-0.2, 0) is 10.0 Å². The summed E-state index contributed by atoms with van der Waals surface area (Å²) in [4.78, 5) is 0.478. The maximum absolute atomic E-state index is 11.7. The van der Waals surface area contributed by atoms with Crippen molar-refractivity contribution in [1.29, 1.82) is 0 Å². The van der Waals surface area contributed by atoms with Crippen LogP contribution in [0.4, 0.5) is 0 Å². The number of hydrogen-bond acceptors (Lipinski definition) is 3. The molecule has 3 N–H and O–H groups in total. The highest BCUT2D eigenvalue weighted by atomic mass is 32.2. The molecule has 1 rings (SSSR count). The van der Waals surface area contributed by atoms with Gasteiger partial charge in [0.2, 0.25) is 10.0 Å². The Hall–Kier alpha value is -0.980. The number of sulfonamides is 1. The van der Waals surface area contributed by atoms with Crippen molar-refractivity contribution in [3.8, 4) is 0 Å². The first-order chi connectivity index (χ1) is 7.47. The van der Waals surface area contributed by atoms with Gasteiger partial charge in [-0.25, -0.2) is 13.1 Å². The molecule has 0 aliphatic carbocycles. The predicted molar refractivity (Wildman–Crippen MR) is 67.8 cm³/mol. The fourth-order valence-electron chi connectivity index (χ4n) is 1.12. The molecular weight excluding hydrogens is 244 g/mol. The van der Waals surface area contributed by atoms with Crippen molar-refractivity contribution in [3.63, 3.8) is 0 Å². The summed E-state index contributed by atoms with van der Waals surface area (Å²) in [5.74, 6) is 0. The molecule has 1 aromatic rings. The molecule has 0 bridgehead atoms. The first kappa shape index (κ1) is 13.1. The molecule has 0 aliphatic heterocycles. The summed E-state index contributed by atoms with van der Waals surface area (Å²) in [5.41, 5.74) is 6.08. The molecule has 0 aromatic heterocycles. The first-order valence-electron chi connectivity index (χ1n) is 4.87. The average Bonchev–Trinajstić information content (AvgIpc) is 2.26. The molecule has 0 fully saturated rings. The van der Waals surface area contributed by atoms with E-state index in [0.717, 1.165) is 6.42 Å². The van der Waals surface area contributed by atoms with Gasteiger partial charge in [0.05, 0.1) is 4.90 Å². The zero-order valence-corrected chi connectivity index (χ0v) is 10.6. The summed E-state index contributed by atoms with van der Waals surface area (Å²) in [6.45, 7) is 2.33. The standard InChI is InChI=1S/C10H14N2O2S2/c1-2-7-12-16(13,14)9-5-3-8(4-6-9)10(11)15/h3-6,12H,2,7H2,1H3,(H2,11,15). The van der Waals surface area contributed by atoms with Gasteiger partial charge in [-0.15, -0.1) is 0 Å². The number of hydrogen-bond donors (Lipinski definition) is 2. The summed E-state index contributed by atoms with van der Waals surface area (Å²) >= 11 is 4.78. The fraction of sp³-hybridized carbons (Fsp3) is 0.300. The molecule has 88 valence electrons. The average molecular weight is 258 g/mol. The van der Waals surface area contributed by atoms with E-state index in [4.69, 9.17) is 18.0 Å². The summed E-state index contributed by atoms with van der Waals surface area (Å²) in [6.07, 6.45) is 0.754. The van der Waals surface area contributed by atoms with Crippen LogP contribution in [0, 0.1) is 0 Å². The minimum absolute atomic E-state index is 0.223. The molecular formula is C10H14N2O2S2. The second kappa shape index (κ2) is 5.38. The zero-order chi connectivity index (χ0) is 12.2. The molecule has 0 spiro atoms. The van der Waals surface area contributed by atoms with E-state index >= 15 is 0 Å². The van der Waals surface area contributed by atoms with E-state index in [2.05, 4.69) is 4.72 Å². The van der Waals surface area contributed by atoms with Gasteiger partial charge in [0.15, 0.2) is 0 Å². The minimum atomic E-state index is -3.40. The van der Waals surface area contributed by atoms with Crippen LogP contribution in [0.25, 0.3) is 0 Å². The monoisotopic (exact) mass is 258 g/mol. The molecule has 0 saturated heterocycles. The van der Waals surface area contributed by atoms with Crippen molar-refractivity contribution in [1.82, 2.24) is 4.72 Å². The van der Waals surface area contributed by atoms with Crippen molar-refractivity contribution >= 4 is 27.2 Å². The van der Waals surface area contributed by atoms with Gasteiger partial charge in [-0.05, 0) is 18.6 Å². The van der Waals surface area contributed by atoms with Crippen LogP contribution in [0.2, 0.25) is 0 Å². The number of nitrogens with two attached hydrogens (primary N) is 1. The van der Waals surface area contributed by atoms with Gasteiger partial charge in [0, 0.05) is 12.1 Å². The number of nitrogens with one attached hydrogen (secondary N) is 1. The molecule has 0 heterocycles. The van der Waals surface area contributed by atoms with Crippen molar-refractivity contribution in [3.05, 3.63) is 29.8 Å². The molecule has 0 amide bonds. The minimum Gasteiger partial charge on any atom is -0.389 e. The van der Waals surface area contributed by atoms with Gasteiger partial charge in [0.1, 0.15) is 4.99 Å². The lowest BCUT2D eigenvalue weighted by atomic mass is 10.2. The van der Waals surface area contributed by atoms with Crippen molar-refractivity contribution in [2.75, 3.05) is 6.54 Å². The predicted octanol–water partition coefficient (Wildman–Crippen LogP) is 1.01. The van der Waals surface area contributed by atoms with Crippen LogP contribution in [0.3, 0.4) is 0 Å². The van der Waals surface area contributed by atoms with E-state index in [1.807, 2.05) is 6.92 Å². The molecule has 0 aliphatic rings. The Bertz CT molecular complexity index is 466. The Kier molecular flexibility index (Phi) is 4.40. The lowest BCUT2D eigenvalue weighted by molar-refractivity contribution is 0.581. The van der Waals surface area contributed by atoms with Crippen LogP contribution in [0.5, 0.6) is 0 Å². The molecule has 6 heteroatoms. The van der Waals surface area contributed by atoms with Gasteiger partial charge in [0.25, 0.3) is 0 Å². The number of thiocarbonyl (C=S) groups is 1. The zero-order valence-electron chi connectivity index (χ0n) is 8.93. The van der Waals surface area contributed by atoms with E-state index in [-0.39, 0.29) is 9.88 Å². The van der Waals surface area contributed by atoms with Crippen molar-refractivity contribution in [2.24, 2.45) is 5.73 Å². The molecule has 0 unspecified atom stereocenters. The van der Waals surface area contributed by atoms with Gasteiger partial charge in [-0.3, -0.25) is 0 Å². The van der Waals surface area contributed by atoms with E-state index in [9.17, 15) is 8.42 Å². The van der Waals surface area contributed by atoms with Crippen LogP contribution < -0.4 is 10.5 Å². The van der Waals surface area contributed by atoms with Crippen LogP contribution >= 0.6 is 12.2 Å². The maximum Gasteiger partial charge on any atom is 0.240 e. The Morgan fingerprint density at radius 3 is 2.38 bits per heavy atom. The van der Waals surface area contributed by atoms with E-state index in [0.29, 0.717) is 12.1 Å². The van der Waals surface area contributed by atoms with Crippen LogP contribution in [-0.4, -0.2) is 20.0 Å². The Balaban J connectivity index is 2.93. The quantitative estimate of drug-likeness (QED) is 0.773. The van der Waals surface area contributed by atoms with Crippen LogP contribution in [0.1, 0.15) is 18.9 Å². The summed E-state index contributed by atoms with van der Waals surface area (Å²) < 4.78 is 25.9. The van der Waals surface area contributed by atoms with Crippen molar-refractivity contribution < 1.29 is 8.42 Å². The summed E-state index contributed by atoms with van der Waals surface area (Å²) in [6, 6.07) is 6.19. The Labute approximate surface area is 101 Å². The third-order valence-corrected chi connectivity index (χ3v) is 3.70. The maximum atomic E-state index is 11.7. The highest BCUT2D eigenvalue weighted by molar-refractivity contribution is 7.89. The topological polar surface area (TPSA) is 72.2 Å². The Morgan fingerprint density at radius 1 is 1.38 bits per heavy atom. The molecule has 1 aromatic carbocycles. The third kappa shape index (κ3) is 3.26. The van der Waals surface area contributed by atoms with E-state index < -0.39 is 10.0 Å². The highest BCUT2D eigenvalue weighted by Crippen LogP contribution is 2.10. The number of benzene rings is 1. The molecule has 0 saturated carbocycles. The molecule has 16 heavy (non-hydrogen) atoms. The lowest BCUT2D eigenvalue weighted by Crippen LogP contribution is -2.24. The second-order valence-corrected chi connectivity index (χ2v) is 5.49. The smallest absolute Gasteiger partial charge is 0.240 e. The largest absolute Gasteiger partial charge is 0.389 e. The SMILES string of the molecule is CCCNS(=O)(=O)c1ccc(C(N)=S)cc1. The van der Waals surface area contributed by atoms with Gasteiger partial charge in [-0.1, -0.05) is 31.3 Å². The van der Waals surface area contributed by atoms with Gasteiger partial charge in [-0.2, -0.15) is 0 Å². The van der Waals surface area contributed by atoms with E-state index in [1.54, 1.807) is 12.1 Å².